The van der Waals surface area contributed by atoms with Gasteiger partial charge >= 0.3 is 0 Å². The fraction of sp³-hybridized carbons (Fsp3) is 0.333. The molecule has 0 aliphatic heterocycles. The van der Waals surface area contributed by atoms with Gasteiger partial charge in [-0.05, 0) is 24.1 Å². The first-order valence-electron chi connectivity index (χ1n) is 3.80. The van der Waals surface area contributed by atoms with Crippen LogP contribution in [0.4, 0.5) is 0 Å². The molecular formula is C9H11BrO2S. The topological polar surface area (TPSA) is 34.1 Å². The predicted molar refractivity (Wildman–Crippen MR) is 56.9 cm³/mol. The van der Waals surface area contributed by atoms with Gasteiger partial charge in [-0.3, -0.25) is 0 Å². The highest BCUT2D eigenvalue weighted by atomic mass is 79.9. The molecule has 2 nitrogen and oxygen atoms in total. The minimum absolute atomic E-state index is 0.414. The van der Waals surface area contributed by atoms with Crippen LogP contribution in [-0.4, -0.2) is 14.7 Å². The van der Waals surface area contributed by atoms with Gasteiger partial charge in [-0.15, -0.1) is 0 Å². The fourth-order valence-corrected chi connectivity index (χ4v) is 2.52. The van der Waals surface area contributed by atoms with Crippen molar-refractivity contribution in [3.8, 4) is 0 Å². The summed E-state index contributed by atoms with van der Waals surface area (Å²) in [5.74, 6) is 0. The Kier molecular flexibility index (Phi) is 3.14. The second-order valence-corrected chi connectivity index (χ2v) is 5.55. The molecule has 0 aliphatic carbocycles. The molecule has 0 fully saturated rings. The highest BCUT2D eigenvalue weighted by molar-refractivity contribution is 9.08. The molecule has 0 saturated heterocycles. The molecule has 0 spiro atoms. The van der Waals surface area contributed by atoms with E-state index in [4.69, 9.17) is 0 Å². The Morgan fingerprint density at radius 3 is 2.38 bits per heavy atom. The lowest BCUT2D eigenvalue weighted by Gasteiger charge is -2.04. The summed E-state index contributed by atoms with van der Waals surface area (Å²) in [7, 11) is -3.07. The zero-order chi connectivity index (χ0) is 10.1. The monoisotopic (exact) mass is 262 g/mol. The van der Waals surface area contributed by atoms with Crippen molar-refractivity contribution >= 4 is 25.8 Å². The second-order valence-electron chi connectivity index (χ2n) is 3.01. The first kappa shape index (κ1) is 10.7. The molecule has 1 aromatic carbocycles. The molecule has 72 valence electrons. The highest BCUT2D eigenvalue weighted by Gasteiger charge is 2.09. The van der Waals surface area contributed by atoms with Crippen molar-refractivity contribution in [1.29, 1.82) is 0 Å². The van der Waals surface area contributed by atoms with E-state index in [0.29, 0.717) is 4.90 Å². The normalized spacial score (nSPS) is 11.6. The fourth-order valence-electron chi connectivity index (χ4n) is 1.21. The average Bonchev–Trinajstić information content (AvgIpc) is 2.01. The number of halogens is 1. The van der Waals surface area contributed by atoms with Crippen LogP contribution in [0.15, 0.2) is 23.1 Å². The molecule has 13 heavy (non-hydrogen) atoms. The Morgan fingerprint density at radius 1 is 1.38 bits per heavy atom. The quantitative estimate of drug-likeness (QED) is 0.767. The first-order valence-corrected chi connectivity index (χ1v) is 6.82. The van der Waals surface area contributed by atoms with Crippen LogP contribution >= 0.6 is 15.9 Å². The summed E-state index contributed by atoms with van der Waals surface area (Å²) in [5.41, 5.74) is 1.89. The SMILES string of the molecule is Cc1cc(CBr)ccc1S(C)(=O)=O. The van der Waals surface area contributed by atoms with Crippen molar-refractivity contribution in [1.82, 2.24) is 0 Å². The van der Waals surface area contributed by atoms with Crippen molar-refractivity contribution in [3.05, 3.63) is 29.3 Å². The van der Waals surface area contributed by atoms with Gasteiger partial charge in [0.1, 0.15) is 0 Å². The van der Waals surface area contributed by atoms with Crippen LogP contribution in [0.1, 0.15) is 11.1 Å². The molecule has 0 bridgehead atoms. The standard InChI is InChI=1S/C9H11BrO2S/c1-7-5-8(6-10)3-4-9(7)13(2,11)12/h3-5H,6H2,1-2H3. The Hall–Kier alpha value is -0.350. The van der Waals surface area contributed by atoms with E-state index < -0.39 is 9.84 Å². The van der Waals surface area contributed by atoms with Gasteiger partial charge in [-0.1, -0.05) is 28.1 Å². The molecule has 1 rings (SSSR count). The molecule has 4 heteroatoms. The third-order valence-electron chi connectivity index (χ3n) is 1.79. The molecule has 0 amide bonds. The van der Waals surface area contributed by atoms with Gasteiger partial charge in [0.05, 0.1) is 4.90 Å². The van der Waals surface area contributed by atoms with Gasteiger partial charge in [0.25, 0.3) is 0 Å². The maximum Gasteiger partial charge on any atom is 0.175 e. The minimum atomic E-state index is -3.07. The van der Waals surface area contributed by atoms with Crippen LogP contribution in [0, 0.1) is 6.92 Å². The third kappa shape index (κ3) is 2.54. The number of hydrogen-bond donors (Lipinski definition) is 0. The number of alkyl halides is 1. The lowest BCUT2D eigenvalue weighted by molar-refractivity contribution is 0.601. The van der Waals surface area contributed by atoms with Crippen molar-refractivity contribution in [2.45, 2.75) is 17.1 Å². The molecule has 0 atom stereocenters. The largest absolute Gasteiger partial charge is 0.224 e. The van der Waals surface area contributed by atoms with Crippen molar-refractivity contribution in [2.75, 3.05) is 6.26 Å². The highest BCUT2D eigenvalue weighted by Crippen LogP contribution is 2.17. The number of aryl methyl sites for hydroxylation is 1. The van der Waals surface area contributed by atoms with Crippen LogP contribution in [0.2, 0.25) is 0 Å². The van der Waals surface area contributed by atoms with E-state index in [1.165, 1.54) is 6.26 Å². The molecule has 0 heterocycles. The molecule has 0 saturated carbocycles. The molecule has 0 radical (unpaired) electrons. The Balaban J connectivity index is 3.29. The summed E-state index contributed by atoms with van der Waals surface area (Å²) in [6.45, 7) is 1.81. The van der Waals surface area contributed by atoms with E-state index in [9.17, 15) is 8.42 Å². The maximum atomic E-state index is 11.2. The van der Waals surface area contributed by atoms with E-state index >= 15 is 0 Å². The molecule has 0 N–H and O–H groups in total. The number of benzene rings is 1. The van der Waals surface area contributed by atoms with Crippen LogP contribution in [0.5, 0.6) is 0 Å². The van der Waals surface area contributed by atoms with Gasteiger partial charge in [-0.25, -0.2) is 8.42 Å². The van der Waals surface area contributed by atoms with E-state index in [2.05, 4.69) is 15.9 Å². The Bertz CT molecular complexity index is 410. The zero-order valence-electron chi connectivity index (χ0n) is 7.54. The van der Waals surface area contributed by atoms with Crippen LogP contribution in [-0.2, 0) is 15.2 Å². The lowest BCUT2D eigenvalue weighted by atomic mass is 10.2. The van der Waals surface area contributed by atoms with E-state index in [1.807, 2.05) is 19.1 Å². The van der Waals surface area contributed by atoms with Crippen molar-refractivity contribution in [2.24, 2.45) is 0 Å². The van der Waals surface area contributed by atoms with Gasteiger partial charge in [0, 0.05) is 11.6 Å². The van der Waals surface area contributed by atoms with Gasteiger partial charge in [0.15, 0.2) is 9.84 Å². The number of hydrogen-bond acceptors (Lipinski definition) is 2. The van der Waals surface area contributed by atoms with E-state index in [0.717, 1.165) is 16.5 Å². The maximum absolute atomic E-state index is 11.2. The zero-order valence-corrected chi connectivity index (χ0v) is 9.94. The summed E-state index contributed by atoms with van der Waals surface area (Å²) in [6.07, 6.45) is 1.23. The summed E-state index contributed by atoms with van der Waals surface area (Å²) in [6, 6.07) is 5.35. The van der Waals surface area contributed by atoms with Crippen LogP contribution < -0.4 is 0 Å². The summed E-state index contributed by atoms with van der Waals surface area (Å²) in [4.78, 5) is 0.414. The molecular weight excluding hydrogens is 252 g/mol. The van der Waals surface area contributed by atoms with Crippen molar-refractivity contribution < 1.29 is 8.42 Å². The Morgan fingerprint density at radius 2 is 2.00 bits per heavy atom. The van der Waals surface area contributed by atoms with Crippen molar-refractivity contribution in [3.63, 3.8) is 0 Å². The summed E-state index contributed by atoms with van der Waals surface area (Å²) >= 11 is 3.32. The number of rotatable bonds is 2. The Labute approximate surface area is 87.0 Å². The molecule has 0 unspecified atom stereocenters. The number of sulfone groups is 1. The lowest BCUT2D eigenvalue weighted by Crippen LogP contribution is -2.00. The van der Waals surface area contributed by atoms with E-state index in [1.54, 1.807) is 6.07 Å². The van der Waals surface area contributed by atoms with E-state index in [-0.39, 0.29) is 0 Å². The van der Waals surface area contributed by atoms with Gasteiger partial charge < -0.3 is 0 Å². The third-order valence-corrected chi connectivity index (χ3v) is 3.70. The van der Waals surface area contributed by atoms with Crippen LogP contribution in [0.3, 0.4) is 0 Å². The van der Waals surface area contributed by atoms with Gasteiger partial charge in [0.2, 0.25) is 0 Å². The molecule has 0 aliphatic rings. The molecule has 0 aromatic heterocycles. The average molecular weight is 263 g/mol. The van der Waals surface area contributed by atoms with Crippen LogP contribution in [0.25, 0.3) is 0 Å². The van der Waals surface area contributed by atoms with Gasteiger partial charge in [-0.2, -0.15) is 0 Å². The minimum Gasteiger partial charge on any atom is -0.224 e. The first-order chi connectivity index (χ1) is 5.95. The summed E-state index contributed by atoms with van der Waals surface area (Å²) in [5, 5.41) is 0.748. The predicted octanol–water partition coefficient (Wildman–Crippen LogP) is 2.29. The summed E-state index contributed by atoms with van der Waals surface area (Å²) < 4.78 is 22.5. The smallest absolute Gasteiger partial charge is 0.175 e. The molecule has 1 aromatic rings. The second kappa shape index (κ2) is 3.80.